The smallest absolute Gasteiger partial charge is 0.306 e. The summed E-state index contributed by atoms with van der Waals surface area (Å²) < 4.78 is 30.3. The van der Waals surface area contributed by atoms with E-state index in [0.29, 0.717) is 23.9 Å². The van der Waals surface area contributed by atoms with Crippen LogP contribution in [0.3, 0.4) is 0 Å². The van der Waals surface area contributed by atoms with Crippen LogP contribution >= 0.6 is 7.82 Å². The van der Waals surface area contributed by atoms with Crippen molar-refractivity contribution in [3.8, 4) is 0 Å². The number of likely N-dealkylation sites (N-methyl/N-ethyl adjacent to an activating group) is 1. The average Bonchev–Trinajstić information content (AvgIpc) is 3.51. The molecule has 3 unspecified atom stereocenters. The molecule has 0 heterocycles. The quantitative estimate of drug-likeness (QED) is 0.0212. The molecule has 1 N–H and O–H groups in total. The first-order chi connectivity index (χ1) is 40.4. The minimum atomic E-state index is -4.72. The summed E-state index contributed by atoms with van der Waals surface area (Å²) in [7, 11) is 1.14. The van der Waals surface area contributed by atoms with E-state index in [1.165, 1.54) is 103 Å². The van der Waals surface area contributed by atoms with Gasteiger partial charge in [-0.1, -0.05) is 258 Å². The van der Waals surface area contributed by atoms with Crippen LogP contribution in [0.1, 0.15) is 265 Å². The van der Waals surface area contributed by atoms with Gasteiger partial charge in [-0.25, -0.2) is 0 Å². The lowest BCUT2D eigenvalue weighted by Gasteiger charge is -2.30. The molecule has 0 aliphatic rings. The summed E-state index contributed by atoms with van der Waals surface area (Å²) >= 11 is 0. The van der Waals surface area contributed by atoms with Crippen molar-refractivity contribution >= 4 is 19.7 Å². The summed E-state index contributed by atoms with van der Waals surface area (Å²) in [6, 6.07) is -0.920. The van der Waals surface area contributed by atoms with E-state index >= 15 is 0 Å². The van der Waals surface area contributed by atoms with Crippen LogP contribution in [-0.4, -0.2) is 69.4 Å². The summed E-state index contributed by atoms with van der Waals surface area (Å²) in [5.74, 6) is -0.607. The van der Waals surface area contributed by atoms with Gasteiger partial charge in [0, 0.05) is 12.8 Å². The van der Waals surface area contributed by atoms with Crippen LogP contribution in [0.5, 0.6) is 0 Å². The first kappa shape index (κ1) is 79.2. The van der Waals surface area contributed by atoms with Gasteiger partial charge in [-0.15, -0.1) is 0 Å². The first-order valence-corrected chi connectivity index (χ1v) is 35.0. The number of nitrogens with zero attached hydrogens (tertiary/aromatic N) is 1. The van der Waals surface area contributed by atoms with Gasteiger partial charge in [0.2, 0.25) is 5.91 Å². The molecule has 0 fully saturated rings. The van der Waals surface area contributed by atoms with Crippen LogP contribution in [0.2, 0.25) is 0 Å². The van der Waals surface area contributed by atoms with Crippen LogP contribution in [0.4, 0.5) is 0 Å². The number of hydrogen-bond acceptors (Lipinski definition) is 7. The highest BCUT2D eigenvalue weighted by Crippen LogP contribution is 2.38. The summed E-state index contributed by atoms with van der Waals surface area (Å²) in [4.78, 5) is 40.1. The molecule has 9 nitrogen and oxygen atoms in total. The number of nitrogens with one attached hydrogen (secondary N) is 1. The maximum Gasteiger partial charge on any atom is 0.306 e. The maximum atomic E-state index is 13.6. The van der Waals surface area contributed by atoms with Gasteiger partial charge >= 0.3 is 5.97 Å². The lowest BCUT2D eigenvalue weighted by atomic mass is 10.0. The molecular formula is C73H125N2O7P. The Bertz CT molecular complexity index is 1880. The van der Waals surface area contributed by atoms with E-state index in [1.807, 2.05) is 33.3 Å². The van der Waals surface area contributed by atoms with Gasteiger partial charge in [0.05, 0.1) is 33.8 Å². The van der Waals surface area contributed by atoms with E-state index in [9.17, 15) is 19.0 Å². The standard InChI is InChI=1S/C73H125N2O7P/c1-7-10-13-16-19-22-25-27-29-31-33-35-36-37-38-40-41-43-45-47-50-53-56-59-62-65-72(76)74-70(69-81-83(78,79)80-68-67-75(4,5)6)71(64-61-58-55-52-49-24-21-18-15-12-9-3)82-73(77)66-63-60-57-54-51-48-46-44-42-39-34-32-30-28-26-23-20-17-14-11-8-2/h11,14,19-20,22-23,27-30,33-35,37-39,44,46,51,54,61,64,70-71H,7-10,12-13,15-18,21,24-26,31-32,36,40-43,45,47-50,52-53,55-60,62-63,65-69H2,1-6H3,(H-,74,76,78,79)/b14-11-,22-19-,23-20-,29-27-,30-28-,35-33-,38-37-,39-34-,46-44-,54-51-,64-61-. The van der Waals surface area contributed by atoms with Gasteiger partial charge in [0.1, 0.15) is 19.3 Å². The molecule has 0 aromatic heterocycles. The first-order valence-electron chi connectivity index (χ1n) is 33.5. The molecule has 0 saturated heterocycles. The number of allylic oxidation sites excluding steroid dienone is 21. The third kappa shape index (κ3) is 62.5. The van der Waals surface area contributed by atoms with Crippen molar-refractivity contribution in [1.29, 1.82) is 0 Å². The molecule has 1 amide bonds. The van der Waals surface area contributed by atoms with E-state index in [0.717, 1.165) is 122 Å². The zero-order valence-corrected chi connectivity index (χ0v) is 55.0. The van der Waals surface area contributed by atoms with E-state index in [4.69, 9.17) is 13.8 Å². The van der Waals surface area contributed by atoms with Crippen LogP contribution in [0.25, 0.3) is 0 Å². The van der Waals surface area contributed by atoms with Crippen molar-refractivity contribution < 1.29 is 37.3 Å². The van der Waals surface area contributed by atoms with Gasteiger partial charge in [0.15, 0.2) is 0 Å². The molecule has 0 spiro atoms. The molecule has 83 heavy (non-hydrogen) atoms. The third-order valence-corrected chi connectivity index (χ3v) is 15.0. The zero-order chi connectivity index (χ0) is 60.7. The molecule has 0 bridgehead atoms. The SMILES string of the molecule is CC/C=C\C/C=C\C/C=C\C/C=C\C/C=C\C/C=C\CCCCC(=O)OC(/C=C\CCCCCCCCCCC)C(COP(=O)([O-])OCC[N+](C)(C)C)NC(=O)CCCCCCCCCCC/C=C\C/C=C\C/C=C\C/C=C\CCCCC. The Morgan fingerprint density at radius 3 is 1.19 bits per heavy atom. The van der Waals surface area contributed by atoms with Crippen molar-refractivity contribution in [3.05, 3.63) is 134 Å². The Kier molecular flexibility index (Phi) is 58.4. The number of rotatable bonds is 59. The number of hydrogen-bond donors (Lipinski definition) is 1. The van der Waals surface area contributed by atoms with E-state index in [1.54, 1.807) is 0 Å². The molecule has 474 valence electrons. The van der Waals surface area contributed by atoms with Gasteiger partial charge in [-0.2, -0.15) is 0 Å². The van der Waals surface area contributed by atoms with Gasteiger partial charge in [0.25, 0.3) is 7.82 Å². The number of carbonyl (C=O) groups is 2. The predicted octanol–water partition coefficient (Wildman–Crippen LogP) is 20.6. The normalized spacial score (nSPS) is 14.4. The maximum absolute atomic E-state index is 13.6. The molecule has 3 atom stereocenters. The van der Waals surface area contributed by atoms with Crippen molar-refractivity contribution in [2.24, 2.45) is 0 Å². The van der Waals surface area contributed by atoms with Crippen molar-refractivity contribution in [1.82, 2.24) is 5.32 Å². The van der Waals surface area contributed by atoms with Gasteiger partial charge in [-0.3, -0.25) is 14.2 Å². The molecule has 0 saturated carbocycles. The molecule has 0 aliphatic heterocycles. The molecule has 0 aliphatic carbocycles. The highest BCUT2D eigenvalue weighted by molar-refractivity contribution is 7.45. The Morgan fingerprint density at radius 1 is 0.434 bits per heavy atom. The lowest BCUT2D eigenvalue weighted by molar-refractivity contribution is -0.870. The van der Waals surface area contributed by atoms with E-state index in [2.05, 4.69) is 148 Å². The van der Waals surface area contributed by atoms with Crippen molar-refractivity contribution in [2.75, 3.05) is 40.9 Å². The topological polar surface area (TPSA) is 114 Å². The number of ether oxygens (including phenoxy) is 1. The highest BCUT2D eigenvalue weighted by Gasteiger charge is 2.27. The number of carbonyl (C=O) groups excluding carboxylic acids is 2. The second-order valence-electron chi connectivity index (χ2n) is 23.2. The fourth-order valence-corrected chi connectivity index (χ4v) is 9.64. The summed E-state index contributed by atoms with van der Waals surface area (Å²) in [5.41, 5.74) is 0. The predicted molar refractivity (Wildman–Crippen MR) is 357 cm³/mol. The van der Waals surface area contributed by atoms with Gasteiger partial charge in [-0.05, 0) is 128 Å². The van der Waals surface area contributed by atoms with Crippen molar-refractivity contribution in [3.63, 3.8) is 0 Å². The Labute approximate surface area is 511 Å². The second kappa shape index (κ2) is 61.2. The third-order valence-electron chi connectivity index (χ3n) is 14.1. The molecule has 0 aromatic carbocycles. The Balaban J connectivity index is 5.21. The minimum Gasteiger partial charge on any atom is -0.756 e. The minimum absolute atomic E-state index is 0.0380. The molecule has 0 aromatic rings. The van der Waals surface area contributed by atoms with E-state index < -0.39 is 26.6 Å². The Hall–Kier alpha value is -3.85. The highest BCUT2D eigenvalue weighted by atomic mass is 31.2. The number of amides is 1. The number of esters is 1. The monoisotopic (exact) mass is 1170 g/mol. The Morgan fingerprint density at radius 2 is 0.771 bits per heavy atom. The summed E-state index contributed by atoms with van der Waals surface area (Å²) in [5, 5.41) is 3.02. The fraction of sp³-hybridized carbons (Fsp3) is 0.671. The lowest BCUT2D eigenvalue weighted by Crippen LogP contribution is -2.47. The van der Waals surface area contributed by atoms with Crippen LogP contribution in [-0.2, 0) is 27.9 Å². The largest absolute Gasteiger partial charge is 0.756 e. The zero-order valence-electron chi connectivity index (χ0n) is 54.1. The van der Waals surface area contributed by atoms with Crippen LogP contribution < -0.4 is 10.2 Å². The van der Waals surface area contributed by atoms with Crippen LogP contribution in [0, 0.1) is 0 Å². The van der Waals surface area contributed by atoms with Crippen LogP contribution in [0.15, 0.2) is 134 Å². The molecule has 0 rings (SSSR count). The van der Waals surface area contributed by atoms with E-state index in [-0.39, 0.29) is 24.9 Å². The summed E-state index contributed by atoms with van der Waals surface area (Å²) in [6.07, 6.45) is 87.1. The number of phosphoric acid groups is 1. The van der Waals surface area contributed by atoms with Crippen molar-refractivity contribution in [2.45, 2.75) is 277 Å². The number of unbranched alkanes of at least 4 members (excludes halogenated alkanes) is 23. The molecule has 10 heteroatoms. The van der Waals surface area contributed by atoms with Gasteiger partial charge < -0.3 is 28.5 Å². The second-order valence-corrected chi connectivity index (χ2v) is 24.6. The molecular weight excluding hydrogens is 1050 g/mol. The number of quaternary nitrogens is 1. The summed E-state index contributed by atoms with van der Waals surface area (Å²) in [6.45, 7) is 6.65. The number of phosphoric ester groups is 1. The molecule has 0 radical (unpaired) electrons. The average molecular weight is 1170 g/mol. The fourth-order valence-electron chi connectivity index (χ4n) is 8.92.